The number of nitrogens with two attached hydrogens (primary N) is 1. The van der Waals surface area contributed by atoms with Crippen LogP contribution in [-0.4, -0.2) is 66.9 Å². The minimum Gasteiger partial charge on any atom is -0.494 e. The number of aromatic nitrogens is 2. The van der Waals surface area contributed by atoms with Crippen molar-refractivity contribution in [3.8, 4) is 5.75 Å². The summed E-state index contributed by atoms with van der Waals surface area (Å²) >= 11 is 0. The van der Waals surface area contributed by atoms with E-state index in [4.69, 9.17) is 15.9 Å². The van der Waals surface area contributed by atoms with Gasteiger partial charge in [0.05, 0.1) is 26.3 Å². The molecular formula is C22H31N7O5. The number of aryl methyl sites for hydroxylation is 1. The summed E-state index contributed by atoms with van der Waals surface area (Å²) in [5.41, 5.74) is 7.09. The maximum Gasteiger partial charge on any atom is 0.319 e. The number of esters is 1. The first-order chi connectivity index (χ1) is 16.2. The lowest BCUT2D eigenvalue weighted by Gasteiger charge is -2.14. The molecule has 0 aliphatic rings. The number of carbonyl (C=O) groups is 3. The summed E-state index contributed by atoms with van der Waals surface area (Å²) in [6.45, 7) is 4.89. The Morgan fingerprint density at radius 1 is 1.26 bits per heavy atom. The molecule has 12 heteroatoms. The van der Waals surface area contributed by atoms with E-state index in [1.54, 1.807) is 11.5 Å². The van der Waals surface area contributed by atoms with E-state index < -0.39 is 11.8 Å². The van der Waals surface area contributed by atoms with Gasteiger partial charge in [-0.3, -0.25) is 19.7 Å². The summed E-state index contributed by atoms with van der Waals surface area (Å²) in [5, 5.41) is 16.4. The Bertz CT molecular complexity index is 1110. The Kier molecular flexibility index (Phi) is 9.56. The summed E-state index contributed by atoms with van der Waals surface area (Å²) < 4.78 is 11.8. The van der Waals surface area contributed by atoms with Crippen LogP contribution in [0.15, 0.2) is 23.9 Å². The molecule has 0 bridgehead atoms. The summed E-state index contributed by atoms with van der Waals surface area (Å²) in [6, 6.07) is 3.05. The highest BCUT2D eigenvalue weighted by Crippen LogP contribution is 2.31. The number of anilines is 1. The molecule has 0 saturated carbocycles. The molecule has 6 N–H and O–H groups in total. The Labute approximate surface area is 197 Å². The van der Waals surface area contributed by atoms with Gasteiger partial charge in [0.15, 0.2) is 0 Å². The average Bonchev–Trinajstić information content (AvgIpc) is 3.14. The van der Waals surface area contributed by atoms with Gasteiger partial charge in [0, 0.05) is 24.4 Å². The number of imidazole rings is 1. The van der Waals surface area contributed by atoms with E-state index >= 15 is 0 Å². The van der Waals surface area contributed by atoms with Gasteiger partial charge in [0.2, 0.25) is 11.9 Å². The number of amides is 2. The Morgan fingerprint density at radius 2 is 2.00 bits per heavy atom. The number of methoxy groups -OCH3 is 2. The normalized spacial score (nSPS) is 11.2. The van der Waals surface area contributed by atoms with Gasteiger partial charge in [-0.2, -0.15) is 0 Å². The molecule has 0 aliphatic carbocycles. The lowest BCUT2D eigenvalue weighted by Crippen LogP contribution is -2.28. The quantitative estimate of drug-likeness (QED) is 0.123. The lowest BCUT2D eigenvalue weighted by atomic mass is 10.1. The topological polar surface area (TPSA) is 173 Å². The van der Waals surface area contributed by atoms with Crippen LogP contribution in [0.1, 0.15) is 30.6 Å². The zero-order valence-corrected chi connectivity index (χ0v) is 19.8. The first-order valence-electron chi connectivity index (χ1n) is 10.7. The van der Waals surface area contributed by atoms with Crippen molar-refractivity contribution in [3.05, 3.63) is 29.5 Å². The smallest absolute Gasteiger partial charge is 0.319 e. The van der Waals surface area contributed by atoms with Crippen LogP contribution in [0.3, 0.4) is 0 Å². The van der Waals surface area contributed by atoms with E-state index in [1.807, 2.05) is 6.92 Å². The van der Waals surface area contributed by atoms with E-state index in [2.05, 4.69) is 25.7 Å². The number of likely N-dealkylation sites (N-methyl/N-ethyl adjacent to an activating group) is 1. The van der Waals surface area contributed by atoms with Crippen LogP contribution in [0.5, 0.6) is 5.75 Å². The van der Waals surface area contributed by atoms with E-state index in [0.717, 1.165) is 0 Å². The maximum atomic E-state index is 12.9. The van der Waals surface area contributed by atoms with Crippen LogP contribution in [0.25, 0.3) is 11.0 Å². The summed E-state index contributed by atoms with van der Waals surface area (Å²) in [5.74, 6) is -0.862. The number of ether oxygens (including phenoxy) is 2. The fraction of sp³-hybridized carbons (Fsp3) is 0.409. The first kappa shape index (κ1) is 26.3. The van der Waals surface area contributed by atoms with Crippen LogP contribution in [0.2, 0.25) is 0 Å². The highest BCUT2D eigenvalue weighted by molar-refractivity contribution is 6.08. The van der Waals surface area contributed by atoms with Crippen molar-refractivity contribution in [3.63, 3.8) is 0 Å². The van der Waals surface area contributed by atoms with Crippen molar-refractivity contribution in [2.45, 2.75) is 26.8 Å². The number of allylic oxidation sites excluding steroid dienone is 1. The lowest BCUT2D eigenvalue weighted by molar-refractivity contribution is -0.139. The molecule has 0 unspecified atom stereocenters. The molecule has 0 fully saturated rings. The average molecular weight is 474 g/mol. The van der Waals surface area contributed by atoms with E-state index in [9.17, 15) is 14.4 Å². The Balaban J connectivity index is 2.43. The molecule has 184 valence electrons. The van der Waals surface area contributed by atoms with Gasteiger partial charge < -0.3 is 35.8 Å². The molecule has 2 aromatic rings. The fourth-order valence-electron chi connectivity index (χ4n) is 3.24. The number of carbonyl (C=O) groups excluding carboxylic acids is 3. The molecule has 2 rings (SSSR count). The van der Waals surface area contributed by atoms with Gasteiger partial charge in [-0.1, -0.05) is 0 Å². The largest absolute Gasteiger partial charge is 0.494 e. The van der Waals surface area contributed by atoms with Gasteiger partial charge in [0.1, 0.15) is 17.0 Å². The van der Waals surface area contributed by atoms with Crippen molar-refractivity contribution < 1.29 is 23.9 Å². The molecule has 1 aromatic heterocycles. The number of primary amides is 1. The number of nitrogens with zero attached hydrogens (tertiary/aromatic N) is 2. The monoisotopic (exact) mass is 473 g/mol. The molecule has 1 aromatic carbocycles. The summed E-state index contributed by atoms with van der Waals surface area (Å²) in [7, 11) is 2.78. The van der Waals surface area contributed by atoms with Gasteiger partial charge >= 0.3 is 5.97 Å². The molecule has 0 atom stereocenters. The SMILES string of the molecule is CCN/C(=C\C(C)=N)C(=O)Nc1nc2cc(C(N)=O)cc(OC)c2n1CCCNCC(=O)OC. The minimum atomic E-state index is -0.633. The standard InChI is InChI=1S/C22H31N7O5/c1-5-26-16(9-13(2)23)21(32)28-22-27-15-10-14(20(24)31)11-17(33-3)19(15)29(22)8-6-7-25-12-18(30)34-4/h9-11,23,25-26H,5-8,12H2,1-4H3,(H2,24,31)(H,27,28,32)/b16-9-,23-13?. The van der Waals surface area contributed by atoms with Crippen LogP contribution in [0.4, 0.5) is 5.95 Å². The molecule has 34 heavy (non-hydrogen) atoms. The minimum absolute atomic E-state index is 0.0792. The second-order valence-corrected chi connectivity index (χ2v) is 7.33. The van der Waals surface area contributed by atoms with E-state index in [-0.39, 0.29) is 35.4 Å². The van der Waals surface area contributed by atoms with Crippen LogP contribution < -0.4 is 26.4 Å². The molecule has 0 saturated heterocycles. The summed E-state index contributed by atoms with van der Waals surface area (Å²) in [4.78, 5) is 40.5. The third-order valence-corrected chi connectivity index (χ3v) is 4.74. The predicted molar refractivity (Wildman–Crippen MR) is 128 cm³/mol. The van der Waals surface area contributed by atoms with E-state index in [1.165, 1.54) is 32.4 Å². The molecule has 0 spiro atoms. The van der Waals surface area contributed by atoms with Gasteiger partial charge in [-0.05, 0) is 45.0 Å². The fourth-order valence-corrected chi connectivity index (χ4v) is 3.24. The highest BCUT2D eigenvalue weighted by atomic mass is 16.5. The third kappa shape index (κ3) is 6.78. The Hall–Kier alpha value is -3.93. The van der Waals surface area contributed by atoms with Crippen LogP contribution >= 0.6 is 0 Å². The van der Waals surface area contributed by atoms with Crippen molar-refractivity contribution >= 4 is 40.5 Å². The molecule has 0 aliphatic heterocycles. The predicted octanol–water partition coefficient (Wildman–Crippen LogP) is 0.768. The maximum absolute atomic E-state index is 12.9. The molecular weight excluding hydrogens is 442 g/mol. The molecule has 12 nitrogen and oxygen atoms in total. The Morgan fingerprint density at radius 3 is 2.59 bits per heavy atom. The van der Waals surface area contributed by atoms with Crippen LogP contribution in [-0.2, 0) is 20.9 Å². The number of nitrogens with one attached hydrogen (secondary N) is 4. The zero-order valence-electron chi connectivity index (χ0n) is 19.8. The van der Waals surface area contributed by atoms with Gasteiger partial charge in [-0.15, -0.1) is 0 Å². The second-order valence-electron chi connectivity index (χ2n) is 7.33. The number of rotatable bonds is 13. The number of fused-ring (bicyclic) bond motifs is 1. The number of benzene rings is 1. The third-order valence-electron chi connectivity index (χ3n) is 4.74. The van der Waals surface area contributed by atoms with Gasteiger partial charge in [0.25, 0.3) is 5.91 Å². The first-order valence-corrected chi connectivity index (χ1v) is 10.7. The van der Waals surface area contributed by atoms with Crippen molar-refractivity contribution in [1.82, 2.24) is 20.2 Å². The van der Waals surface area contributed by atoms with E-state index in [0.29, 0.717) is 42.8 Å². The number of hydrogen-bond donors (Lipinski definition) is 5. The van der Waals surface area contributed by atoms with Gasteiger partial charge in [-0.25, -0.2) is 4.98 Å². The van der Waals surface area contributed by atoms with Crippen LogP contribution in [0, 0.1) is 5.41 Å². The molecule has 2 amide bonds. The van der Waals surface area contributed by atoms with Crippen molar-refractivity contribution in [1.29, 1.82) is 5.41 Å². The highest BCUT2D eigenvalue weighted by Gasteiger charge is 2.20. The molecule has 1 heterocycles. The molecule has 0 radical (unpaired) electrons. The number of hydrogen-bond acceptors (Lipinski definition) is 9. The van der Waals surface area contributed by atoms with Crippen molar-refractivity contribution in [2.75, 3.05) is 39.2 Å². The van der Waals surface area contributed by atoms with Crippen molar-refractivity contribution in [2.24, 2.45) is 5.73 Å². The zero-order chi connectivity index (χ0) is 25.3. The second kappa shape index (κ2) is 12.3. The summed E-state index contributed by atoms with van der Waals surface area (Å²) in [6.07, 6.45) is 2.01.